The van der Waals surface area contributed by atoms with Gasteiger partial charge in [-0.3, -0.25) is 9.59 Å². The van der Waals surface area contributed by atoms with Crippen molar-refractivity contribution in [3.8, 4) is 0 Å². The summed E-state index contributed by atoms with van der Waals surface area (Å²) < 4.78 is 14.7. The third-order valence-corrected chi connectivity index (χ3v) is 11.1. The van der Waals surface area contributed by atoms with Crippen molar-refractivity contribution in [2.45, 2.75) is 122 Å². The zero-order chi connectivity index (χ0) is 34.7. The Hall–Kier alpha value is -3.12. The highest BCUT2D eigenvalue weighted by Gasteiger charge is 2.27. The van der Waals surface area contributed by atoms with E-state index in [0.717, 1.165) is 30.6 Å². The number of hydrogen-bond donors (Lipinski definition) is 3. The van der Waals surface area contributed by atoms with Crippen molar-refractivity contribution in [3.63, 3.8) is 0 Å². The molecule has 268 valence electrons. The zero-order valence-electron chi connectivity index (χ0n) is 28.8. The van der Waals surface area contributed by atoms with Crippen molar-refractivity contribution < 1.29 is 38.5 Å². The van der Waals surface area contributed by atoms with Crippen molar-refractivity contribution >= 4 is 57.9 Å². The van der Waals surface area contributed by atoms with Crippen molar-refractivity contribution in [2.75, 3.05) is 31.5 Å². The molecule has 0 aliphatic heterocycles. The minimum atomic E-state index is -0.752. The summed E-state index contributed by atoms with van der Waals surface area (Å²) in [5.74, 6) is -0.375. The van der Waals surface area contributed by atoms with E-state index in [1.165, 1.54) is 101 Å². The lowest BCUT2D eigenvalue weighted by Gasteiger charge is -2.31. The van der Waals surface area contributed by atoms with E-state index in [0.29, 0.717) is 41.0 Å². The third-order valence-electron chi connectivity index (χ3n) is 9.30. The lowest BCUT2D eigenvalue weighted by atomic mass is 9.82. The Morgan fingerprint density at radius 3 is 1.58 bits per heavy atom. The molecule has 2 aliphatic rings. The number of carbonyl (C=O) groups is 4. The molecule has 2 unspecified atom stereocenters. The van der Waals surface area contributed by atoms with Crippen LogP contribution in [0.2, 0.25) is 0 Å². The van der Waals surface area contributed by atoms with Gasteiger partial charge >= 0.3 is 23.9 Å². The molecule has 12 heteroatoms. The monoisotopic (exact) mass is 706 g/mol. The Balaban J connectivity index is 0.000000261. The van der Waals surface area contributed by atoms with Crippen LogP contribution in [0.15, 0.2) is 22.9 Å². The second kappa shape index (κ2) is 21.8. The van der Waals surface area contributed by atoms with Gasteiger partial charge in [-0.1, -0.05) is 38.5 Å². The van der Waals surface area contributed by atoms with Crippen molar-refractivity contribution in [2.24, 2.45) is 11.8 Å². The molecule has 2 aliphatic carbocycles. The summed E-state index contributed by atoms with van der Waals surface area (Å²) in [6.45, 7) is 2.26. The number of aliphatic carboxylic acids is 1. The molecule has 0 bridgehead atoms. The van der Waals surface area contributed by atoms with Gasteiger partial charge < -0.3 is 30.0 Å². The lowest BCUT2D eigenvalue weighted by molar-refractivity contribution is -0.143. The number of carboxylic acids is 1. The Bertz CT molecular complexity index is 1270. The minimum Gasteiger partial charge on any atom is -0.481 e. The molecule has 10 nitrogen and oxygen atoms in total. The fraction of sp³-hybridized carbons (Fsp3) is 0.667. The molecule has 2 atom stereocenters. The molecule has 0 aromatic carbocycles. The van der Waals surface area contributed by atoms with Crippen LogP contribution in [0.1, 0.15) is 129 Å². The first-order valence-corrected chi connectivity index (χ1v) is 19.2. The Morgan fingerprint density at radius 1 is 0.750 bits per heavy atom. The summed E-state index contributed by atoms with van der Waals surface area (Å²) in [4.78, 5) is 47.3. The number of carboxylic acid groups (broad SMARTS) is 1. The predicted octanol–water partition coefficient (Wildman–Crippen LogP) is 8.78. The average molecular weight is 707 g/mol. The Labute approximate surface area is 293 Å². The third kappa shape index (κ3) is 13.1. The average Bonchev–Trinajstić information content (AvgIpc) is 3.77. The molecular formula is C36H54N2O8S2. The summed E-state index contributed by atoms with van der Waals surface area (Å²) in [6, 6.07) is 4.34. The van der Waals surface area contributed by atoms with E-state index >= 15 is 0 Å². The van der Waals surface area contributed by atoms with Gasteiger partial charge in [0.15, 0.2) is 0 Å². The summed E-state index contributed by atoms with van der Waals surface area (Å²) >= 11 is 2.76. The fourth-order valence-electron chi connectivity index (χ4n) is 6.84. The highest BCUT2D eigenvalue weighted by molar-refractivity contribution is 7.13. The minimum absolute atomic E-state index is 0.129. The molecule has 0 saturated heterocycles. The zero-order valence-corrected chi connectivity index (χ0v) is 30.4. The largest absolute Gasteiger partial charge is 0.481 e. The summed E-state index contributed by atoms with van der Waals surface area (Å²) in [5, 5.41) is 19.7. The second-order valence-corrected chi connectivity index (χ2v) is 14.4. The first-order valence-electron chi connectivity index (χ1n) is 17.5. The van der Waals surface area contributed by atoms with Gasteiger partial charge in [-0.2, -0.15) is 0 Å². The van der Waals surface area contributed by atoms with Crippen LogP contribution in [-0.2, 0) is 23.8 Å². The van der Waals surface area contributed by atoms with Gasteiger partial charge in [0.1, 0.15) is 9.75 Å². The number of carbonyl (C=O) groups excluding carboxylic acids is 3. The van der Waals surface area contributed by atoms with E-state index in [1.54, 1.807) is 0 Å². The van der Waals surface area contributed by atoms with Crippen molar-refractivity contribution in [1.82, 2.24) is 0 Å². The first-order chi connectivity index (χ1) is 23.3. The van der Waals surface area contributed by atoms with Crippen LogP contribution < -0.4 is 10.6 Å². The number of hydrogen-bond acceptors (Lipinski definition) is 11. The fourth-order valence-corrected chi connectivity index (χ4v) is 8.39. The maximum atomic E-state index is 11.9. The molecule has 0 radical (unpaired) electrons. The number of methoxy groups -OCH3 is 2. The van der Waals surface area contributed by atoms with E-state index in [4.69, 9.17) is 19.3 Å². The van der Waals surface area contributed by atoms with Gasteiger partial charge in [0.25, 0.3) is 0 Å². The molecule has 0 spiro atoms. The van der Waals surface area contributed by atoms with Crippen LogP contribution in [0.3, 0.4) is 0 Å². The van der Waals surface area contributed by atoms with Gasteiger partial charge in [0.05, 0.1) is 32.2 Å². The molecule has 2 aromatic heterocycles. The van der Waals surface area contributed by atoms with E-state index in [-0.39, 0.29) is 36.4 Å². The Morgan fingerprint density at radius 2 is 1.19 bits per heavy atom. The van der Waals surface area contributed by atoms with Gasteiger partial charge in [-0.15, -0.1) is 22.7 Å². The number of rotatable bonds is 17. The van der Waals surface area contributed by atoms with Crippen molar-refractivity contribution in [3.05, 3.63) is 32.6 Å². The summed E-state index contributed by atoms with van der Waals surface area (Å²) in [7, 11) is 2.79. The van der Waals surface area contributed by atoms with Gasteiger partial charge in [0.2, 0.25) is 0 Å². The number of esters is 3. The first kappa shape index (κ1) is 39.3. The van der Waals surface area contributed by atoms with E-state index < -0.39 is 5.97 Å². The summed E-state index contributed by atoms with van der Waals surface area (Å²) in [6.07, 6.45) is 16.1. The number of anilines is 2. The molecule has 2 saturated carbocycles. The maximum Gasteiger partial charge on any atom is 0.350 e. The highest BCUT2D eigenvalue weighted by Crippen LogP contribution is 2.34. The molecule has 2 heterocycles. The molecule has 48 heavy (non-hydrogen) atoms. The van der Waals surface area contributed by atoms with Crippen LogP contribution in [0.5, 0.6) is 0 Å². The topological polar surface area (TPSA) is 140 Å². The number of thiophene rings is 2. The number of nitrogens with one attached hydrogen (secondary N) is 2. The Kier molecular flexibility index (Phi) is 17.8. The molecule has 2 aromatic rings. The van der Waals surface area contributed by atoms with Crippen LogP contribution >= 0.6 is 22.7 Å². The summed E-state index contributed by atoms with van der Waals surface area (Å²) in [5.41, 5.74) is 1.66. The molecule has 4 rings (SSSR count). The lowest BCUT2D eigenvalue weighted by Crippen LogP contribution is -2.31. The quantitative estimate of drug-likeness (QED) is 0.108. The molecular weight excluding hydrogens is 653 g/mol. The molecule has 0 amide bonds. The van der Waals surface area contributed by atoms with Gasteiger partial charge in [-0.05, 0) is 93.0 Å². The van der Waals surface area contributed by atoms with Crippen LogP contribution in [0, 0.1) is 11.8 Å². The van der Waals surface area contributed by atoms with Crippen LogP contribution in [-0.4, -0.2) is 61.9 Å². The number of ether oxygens (including phenoxy) is 3. The standard InChI is InChI=1S/C19H29NO4S.C17H25NO4S/c1-3-24-17(21)11-7-10-15(14-8-5-4-6-9-14)20-16-12-13-25-18(16)19(22)23-2;1-22-17(21)16-14(10-11-23-16)18-13(8-5-9-15(19)20)12-6-3-2-4-7-12/h12-15,20H,3-11H2,1-2H3;10-13,18H,2-9H2,1H3,(H,19,20). The van der Waals surface area contributed by atoms with Crippen LogP contribution in [0.25, 0.3) is 0 Å². The van der Waals surface area contributed by atoms with E-state index in [1.807, 2.05) is 29.8 Å². The second-order valence-electron chi connectivity index (χ2n) is 12.6. The van der Waals surface area contributed by atoms with Crippen LogP contribution in [0.4, 0.5) is 11.4 Å². The van der Waals surface area contributed by atoms with E-state index in [2.05, 4.69) is 10.6 Å². The highest BCUT2D eigenvalue weighted by atomic mass is 32.1. The predicted molar refractivity (Wildman–Crippen MR) is 191 cm³/mol. The van der Waals surface area contributed by atoms with E-state index in [9.17, 15) is 19.2 Å². The normalized spacial score (nSPS) is 16.5. The SMILES string of the molecule is CCOC(=O)CCCC(Nc1ccsc1C(=O)OC)C1CCCCC1.COC(=O)c1sccc1NC(CCCC(=O)O)C1CCCCC1. The van der Waals surface area contributed by atoms with Gasteiger partial charge in [-0.25, -0.2) is 9.59 Å². The van der Waals surface area contributed by atoms with Gasteiger partial charge in [0, 0.05) is 24.9 Å². The van der Waals surface area contributed by atoms with Crippen molar-refractivity contribution in [1.29, 1.82) is 0 Å². The molecule has 2 fully saturated rings. The molecule has 3 N–H and O–H groups in total. The maximum absolute atomic E-state index is 11.9. The smallest absolute Gasteiger partial charge is 0.350 e.